The van der Waals surface area contributed by atoms with Gasteiger partial charge in [-0.25, -0.2) is 15.0 Å². The fourth-order valence-corrected chi connectivity index (χ4v) is 7.32. The van der Waals surface area contributed by atoms with Gasteiger partial charge in [0.05, 0.1) is 28.6 Å². The highest BCUT2D eigenvalue weighted by molar-refractivity contribution is 6.21. The van der Waals surface area contributed by atoms with E-state index in [4.69, 9.17) is 15.0 Å². The quantitative estimate of drug-likeness (QED) is 0.202. The lowest BCUT2D eigenvalue weighted by atomic mass is 10.1. The Bertz CT molecular complexity index is 2660. The number of rotatable bonds is 4. The van der Waals surface area contributed by atoms with Crippen LogP contribution in [-0.2, 0) is 0 Å². The van der Waals surface area contributed by atoms with Gasteiger partial charge in [0.2, 0.25) is 5.96 Å². The van der Waals surface area contributed by atoms with E-state index in [1.165, 1.54) is 27.1 Å². The third-order valence-corrected chi connectivity index (χ3v) is 9.66. The van der Waals surface area contributed by atoms with Crippen molar-refractivity contribution in [2.24, 2.45) is 15.0 Å². The average Bonchev–Trinajstić information content (AvgIpc) is 3.70. The summed E-state index contributed by atoms with van der Waals surface area (Å²) in [7, 11) is 0. The molecule has 6 aromatic carbocycles. The van der Waals surface area contributed by atoms with Crippen LogP contribution in [0, 0.1) is 0 Å². The Balaban J connectivity index is 1.09. The summed E-state index contributed by atoms with van der Waals surface area (Å²) in [5.41, 5.74) is 8.69. The van der Waals surface area contributed by atoms with Crippen LogP contribution >= 0.6 is 0 Å². The molecule has 0 amide bonds. The zero-order chi connectivity index (χ0) is 33.0. The van der Waals surface area contributed by atoms with Gasteiger partial charge in [-0.05, 0) is 36.4 Å². The Labute approximate surface area is 288 Å². The predicted molar refractivity (Wildman–Crippen MR) is 206 cm³/mol. The molecule has 2 aliphatic rings. The molecular weight excluding hydrogens is 615 g/mol. The van der Waals surface area contributed by atoms with Crippen molar-refractivity contribution in [3.63, 3.8) is 0 Å². The van der Waals surface area contributed by atoms with Crippen molar-refractivity contribution in [2.75, 3.05) is 6.54 Å². The molecule has 0 unspecified atom stereocenters. The highest BCUT2D eigenvalue weighted by Crippen LogP contribution is 2.38. The van der Waals surface area contributed by atoms with Gasteiger partial charge in [0.15, 0.2) is 6.17 Å². The van der Waals surface area contributed by atoms with Crippen molar-refractivity contribution in [2.45, 2.75) is 6.17 Å². The van der Waals surface area contributed by atoms with Crippen LogP contribution in [0.15, 0.2) is 178 Å². The second kappa shape index (κ2) is 11.5. The Hall–Kier alpha value is -6.73. The first kappa shape index (κ1) is 28.3. The third-order valence-electron chi connectivity index (χ3n) is 9.66. The summed E-state index contributed by atoms with van der Waals surface area (Å²) in [5.74, 6) is 2.36. The number of benzene rings is 6. The predicted octanol–water partition coefficient (Wildman–Crippen LogP) is 8.41. The zero-order valence-electron chi connectivity index (χ0n) is 27.0. The summed E-state index contributed by atoms with van der Waals surface area (Å²) in [5, 5.41) is 11.9. The van der Waals surface area contributed by atoms with E-state index >= 15 is 0 Å². The second-order valence-electron chi connectivity index (χ2n) is 12.6. The molecule has 4 heterocycles. The average molecular weight is 646 g/mol. The first-order valence-electron chi connectivity index (χ1n) is 16.9. The molecule has 0 atom stereocenters. The minimum absolute atomic E-state index is 0.418. The maximum Gasteiger partial charge on any atom is 0.207 e. The van der Waals surface area contributed by atoms with Crippen LogP contribution in [0.5, 0.6) is 0 Å². The minimum atomic E-state index is -0.418. The highest BCUT2D eigenvalue weighted by atomic mass is 15.2. The molecule has 10 rings (SSSR count). The third kappa shape index (κ3) is 4.55. The van der Waals surface area contributed by atoms with Gasteiger partial charge in [-0.2, -0.15) is 0 Å². The van der Waals surface area contributed by atoms with Crippen molar-refractivity contribution in [3.8, 4) is 5.69 Å². The van der Waals surface area contributed by atoms with E-state index in [9.17, 15) is 0 Å². The maximum atomic E-state index is 5.16. The van der Waals surface area contributed by atoms with Gasteiger partial charge in [-0.1, -0.05) is 115 Å². The van der Waals surface area contributed by atoms with Gasteiger partial charge in [-0.3, -0.25) is 4.57 Å². The van der Waals surface area contributed by atoms with Gasteiger partial charge in [0.25, 0.3) is 0 Å². The standard InChI is InChI=1S/C43H31N7/c1-4-14-28(15-5-1)40-46-41(29-16-6-2-7-17-29)48-42(47-40)30-26-44-43(45-27-30)50-37-23-13-11-21-33(37)35-24-34-32-20-10-12-22-36(32)49(38(34)25-39(35)50)31-18-8-3-9-19-31/h1-26,42H,27H2,(H,44,45)(H,46,47,48). The molecule has 8 aromatic rings. The molecule has 0 radical (unpaired) electrons. The molecule has 0 spiro atoms. The molecule has 50 heavy (non-hydrogen) atoms. The van der Waals surface area contributed by atoms with Crippen LogP contribution in [0.3, 0.4) is 0 Å². The van der Waals surface area contributed by atoms with Gasteiger partial charge >= 0.3 is 0 Å². The number of hydrogen-bond donors (Lipinski definition) is 2. The molecule has 0 saturated heterocycles. The summed E-state index contributed by atoms with van der Waals surface area (Å²) in [6, 6.07) is 52.9. The highest BCUT2D eigenvalue weighted by Gasteiger charge is 2.25. The van der Waals surface area contributed by atoms with Crippen LogP contribution in [-0.4, -0.2) is 39.5 Å². The molecule has 2 aliphatic heterocycles. The van der Waals surface area contributed by atoms with Crippen molar-refractivity contribution in [1.29, 1.82) is 0 Å². The summed E-state index contributed by atoms with van der Waals surface area (Å²) in [6.07, 6.45) is 1.62. The number of nitrogens with zero attached hydrogens (tertiary/aromatic N) is 5. The number of aromatic nitrogens is 2. The second-order valence-corrected chi connectivity index (χ2v) is 12.6. The fraction of sp³-hybridized carbons (Fsp3) is 0.0465. The minimum Gasteiger partial charge on any atom is -0.332 e. The lowest BCUT2D eigenvalue weighted by Gasteiger charge is -2.25. The van der Waals surface area contributed by atoms with E-state index in [0.29, 0.717) is 6.54 Å². The van der Waals surface area contributed by atoms with Gasteiger partial charge < -0.3 is 15.2 Å². The van der Waals surface area contributed by atoms with Crippen molar-refractivity contribution >= 4 is 61.2 Å². The van der Waals surface area contributed by atoms with Crippen LogP contribution in [0.4, 0.5) is 0 Å². The van der Waals surface area contributed by atoms with E-state index in [1.807, 2.05) is 42.6 Å². The molecule has 238 valence electrons. The zero-order valence-corrected chi connectivity index (χ0v) is 27.0. The van der Waals surface area contributed by atoms with Gasteiger partial charge in [0, 0.05) is 50.1 Å². The number of para-hydroxylation sites is 3. The summed E-state index contributed by atoms with van der Waals surface area (Å²) >= 11 is 0. The SMILES string of the molecule is C1=C(C2N=C(c3ccccc3)NC(c3ccccc3)=N2)CN=C(n2c3ccccc3c3cc4c5ccccc5n(-c5ccccc5)c4cc32)N1. The topological polar surface area (TPSA) is 71.0 Å². The number of nitrogens with one attached hydrogen (secondary N) is 2. The van der Waals surface area contributed by atoms with Crippen LogP contribution < -0.4 is 10.6 Å². The van der Waals surface area contributed by atoms with E-state index in [2.05, 4.69) is 135 Å². The molecule has 0 fully saturated rings. The van der Waals surface area contributed by atoms with Crippen LogP contribution in [0.1, 0.15) is 11.1 Å². The van der Waals surface area contributed by atoms with Crippen LogP contribution in [0.25, 0.3) is 49.3 Å². The smallest absolute Gasteiger partial charge is 0.207 e. The Kier molecular flexibility index (Phi) is 6.48. The van der Waals surface area contributed by atoms with E-state index in [-0.39, 0.29) is 0 Å². The summed E-state index contributed by atoms with van der Waals surface area (Å²) in [4.78, 5) is 15.3. The first-order chi connectivity index (χ1) is 24.8. The van der Waals surface area contributed by atoms with E-state index in [1.54, 1.807) is 0 Å². The molecular formula is C43H31N7. The van der Waals surface area contributed by atoms with Crippen molar-refractivity contribution < 1.29 is 0 Å². The summed E-state index contributed by atoms with van der Waals surface area (Å²) < 4.78 is 4.62. The van der Waals surface area contributed by atoms with E-state index < -0.39 is 6.17 Å². The maximum absolute atomic E-state index is 5.16. The van der Waals surface area contributed by atoms with Crippen molar-refractivity contribution in [1.82, 2.24) is 19.8 Å². The van der Waals surface area contributed by atoms with Crippen molar-refractivity contribution in [3.05, 3.63) is 175 Å². The molecule has 2 N–H and O–H groups in total. The Morgan fingerprint density at radius 2 is 1.02 bits per heavy atom. The number of hydrogen-bond acceptors (Lipinski definition) is 5. The summed E-state index contributed by atoms with van der Waals surface area (Å²) in [6.45, 7) is 0.463. The number of amidine groups is 2. The molecule has 2 aromatic heterocycles. The van der Waals surface area contributed by atoms with E-state index in [0.717, 1.165) is 56.6 Å². The largest absolute Gasteiger partial charge is 0.332 e. The monoisotopic (exact) mass is 645 g/mol. The lowest BCUT2D eigenvalue weighted by molar-refractivity contribution is 0.757. The van der Waals surface area contributed by atoms with Gasteiger partial charge in [0.1, 0.15) is 11.7 Å². The van der Waals surface area contributed by atoms with Crippen LogP contribution in [0.2, 0.25) is 0 Å². The number of aliphatic imine (C=N–C) groups is 3. The lowest BCUT2D eigenvalue weighted by Crippen LogP contribution is -2.39. The molecule has 0 aliphatic carbocycles. The Morgan fingerprint density at radius 3 is 1.60 bits per heavy atom. The molecule has 0 saturated carbocycles. The number of fused-ring (bicyclic) bond motifs is 6. The molecule has 0 bridgehead atoms. The normalized spacial score (nSPS) is 15.0. The van der Waals surface area contributed by atoms with Gasteiger partial charge in [-0.15, -0.1) is 0 Å². The first-order valence-corrected chi connectivity index (χ1v) is 16.9. The fourth-order valence-electron chi connectivity index (χ4n) is 7.32. The molecule has 7 heteroatoms. The molecule has 7 nitrogen and oxygen atoms in total. The Morgan fingerprint density at radius 1 is 0.500 bits per heavy atom.